The topological polar surface area (TPSA) is 12.9 Å². The van der Waals surface area contributed by atoms with Crippen LogP contribution in [0.2, 0.25) is 0 Å². The Hall–Kier alpha value is -2.32. The van der Waals surface area contributed by atoms with Crippen molar-refractivity contribution in [3.63, 3.8) is 0 Å². The summed E-state index contributed by atoms with van der Waals surface area (Å²) in [6.45, 7) is 0. The van der Waals surface area contributed by atoms with Crippen LogP contribution in [-0.2, 0) is 5.92 Å². The standard InChI is InChI=1S/C13F21N/c14-1-2(15)4(35-5(17)3(1)16)6(18,19)7(20,21)8(22,23)9(24,25)10(26,27)11(28,29)12(30,31)13(32,33)34. The zero-order chi connectivity index (χ0) is 28.6. The average molecular weight is 569 g/mol. The van der Waals surface area contributed by atoms with E-state index in [2.05, 4.69) is 0 Å². The maximum absolute atomic E-state index is 13.7. The van der Waals surface area contributed by atoms with Gasteiger partial charge in [-0.2, -0.15) is 83.4 Å². The van der Waals surface area contributed by atoms with Gasteiger partial charge in [-0.3, -0.25) is 0 Å². The Morgan fingerprint density at radius 3 is 1.03 bits per heavy atom. The molecule has 0 aliphatic rings. The summed E-state index contributed by atoms with van der Waals surface area (Å²) in [6, 6.07) is 0. The Morgan fingerprint density at radius 1 is 0.371 bits per heavy atom. The summed E-state index contributed by atoms with van der Waals surface area (Å²) in [5, 5.41) is 0. The van der Waals surface area contributed by atoms with Crippen molar-refractivity contribution in [2.45, 2.75) is 47.6 Å². The first-order chi connectivity index (χ1) is 15.0. The minimum atomic E-state index is -8.99. The van der Waals surface area contributed by atoms with Crippen LogP contribution in [0.4, 0.5) is 92.2 Å². The molecule has 0 aliphatic carbocycles. The van der Waals surface area contributed by atoms with Gasteiger partial charge < -0.3 is 0 Å². The first-order valence-electron chi connectivity index (χ1n) is 7.42. The lowest BCUT2D eigenvalue weighted by Crippen LogP contribution is -2.74. The highest BCUT2D eigenvalue weighted by molar-refractivity contribution is 5.23. The average Bonchev–Trinajstić information content (AvgIpc) is 2.67. The molecule has 0 spiro atoms. The highest BCUT2D eigenvalue weighted by atomic mass is 19.4. The van der Waals surface area contributed by atoms with Crippen molar-refractivity contribution >= 4 is 0 Å². The Kier molecular flexibility index (Phi) is 6.88. The Bertz CT molecular complexity index is 972. The Labute approximate surface area is 175 Å². The molecular formula is C13F21N. The van der Waals surface area contributed by atoms with Gasteiger partial charge in [0.25, 0.3) is 5.95 Å². The van der Waals surface area contributed by atoms with E-state index in [9.17, 15) is 92.2 Å². The smallest absolute Gasteiger partial charge is 0.212 e. The van der Waals surface area contributed by atoms with Crippen LogP contribution in [0.3, 0.4) is 0 Å². The van der Waals surface area contributed by atoms with E-state index in [0.29, 0.717) is 0 Å². The predicted molar refractivity (Wildman–Crippen MR) is 63.7 cm³/mol. The predicted octanol–water partition coefficient (Wildman–Crippen LogP) is 7.10. The fourth-order valence-corrected chi connectivity index (χ4v) is 2.01. The quantitative estimate of drug-likeness (QED) is 0.252. The van der Waals surface area contributed by atoms with Gasteiger partial charge in [-0.1, -0.05) is 0 Å². The summed E-state index contributed by atoms with van der Waals surface area (Å²) in [7, 11) is 0. The minimum absolute atomic E-state index is 1.18. The monoisotopic (exact) mass is 569 g/mol. The Morgan fingerprint density at radius 2 is 0.686 bits per heavy atom. The van der Waals surface area contributed by atoms with Crippen LogP contribution in [0.5, 0.6) is 0 Å². The molecule has 0 saturated heterocycles. The van der Waals surface area contributed by atoms with Gasteiger partial charge in [-0.15, -0.1) is 0 Å². The molecule has 1 rings (SSSR count). The van der Waals surface area contributed by atoms with Crippen LogP contribution in [-0.4, -0.2) is 46.7 Å². The molecule has 0 amide bonds. The maximum atomic E-state index is 13.7. The third kappa shape index (κ3) is 3.71. The zero-order valence-corrected chi connectivity index (χ0v) is 14.9. The maximum Gasteiger partial charge on any atom is 0.460 e. The minimum Gasteiger partial charge on any atom is -0.212 e. The van der Waals surface area contributed by atoms with Crippen LogP contribution >= 0.6 is 0 Å². The lowest BCUT2D eigenvalue weighted by atomic mass is 9.88. The molecule has 35 heavy (non-hydrogen) atoms. The van der Waals surface area contributed by atoms with E-state index in [1.54, 1.807) is 0 Å². The number of aromatic nitrogens is 1. The van der Waals surface area contributed by atoms with E-state index in [4.69, 9.17) is 0 Å². The molecule has 0 radical (unpaired) electrons. The second-order valence-electron chi connectivity index (χ2n) is 6.21. The molecule has 1 heterocycles. The number of nitrogens with zero attached hydrogens (tertiary/aromatic N) is 1. The SMILES string of the molecule is Fc1nc(C(F)(F)C(F)(F)C(F)(F)C(F)(F)C(F)(F)C(F)(F)C(F)(F)C(F)(F)F)c(F)c(F)c1F. The van der Waals surface area contributed by atoms with Gasteiger partial charge in [0.05, 0.1) is 0 Å². The van der Waals surface area contributed by atoms with Crippen molar-refractivity contribution in [1.82, 2.24) is 4.98 Å². The molecule has 0 N–H and O–H groups in total. The van der Waals surface area contributed by atoms with E-state index in [0.717, 1.165) is 0 Å². The number of alkyl halides is 17. The summed E-state index contributed by atoms with van der Waals surface area (Å²) < 4.78 is 274. The van der Waals surface area contributed by atoms with Crippen LogP contribution < -0.4 is 0 Å². The van der Waals surface area contributed by atoms with E-state index in [1.165, 1.54) is 4.98 Å². The van der Waals surface area contributed by atoms with Gasteiger partial charge in [-0.25, -0.2) is 13.8 Å². The third-order valence-corrected chi connectivity index (χ3v) is 4.00. The van der Waals surface area contributed by atoms with Crippen molar-refractivity contribution in [2.75, 3.05) is 0 Å². The molecule has 1 aromatic heterocycles. The van der Waals surface area contributed by atoms with Gasteiger partial charge in [0.1, 0.15) is 0 Å². The molecular weight excluding hydrogens is 569 g/mol. The first kappa shape index (κ1) is 30.7. The van der Waals surface area contributed by atoms with E-state index >= 15 is 0 Å². The van der Waals surface area contributed by atoms with Gasteiger partial charge in [0.2, 0.25) is 11.6 Å². The molecule has 0 bridgehead atoms. The molecule has 22 heteroatoms. The highest BCUT2D eigenvalue weighted by Crippen LogP contribution is 2.65. The molecule has 0 saturated carbocycles. The van der Waals surface area contributed by atoms with E-state index < -0.39 is 76.7 Å². The van der Waals surface area contributed by atoms with Crippen LogP contribution in [0.1, 0.15) is 5.69 Å². The van der Waals surface area contributed by atoms with Gasteiger partial charge in [0.15, 0.2) is 11.5 Å². The second-order valence-corrected chi connectivity index (χ2v) is 6.21. The van der Waals surface area contributed by atoms with Crippen molar-refractivity contribution in [3.05, 3.63) is 29.1 Å². The molecule has 0 atom stereocenters. The second kappa shape index (κ2) is 7.84. The van der Waals surface area contributed by atoms with Crippen LogP contribution in [0, 0.1) is 23.4 Å². The molecule has 0 fully saturated rings. The number of halogens is 21. The van der Waals surface area contributed by atoms with Crippen molar-refractivity contribution in [2.24, 2.45) is 0 Å². The number of pyridine rings is 1. The Balaban J connectivity index is 3.86. The number of rotatable bonds is 7. The summed E-state index contributed by atoms with van der Waals surface area (Å²) in [4.78, 5) is 1.18. The van der Waals surface area contributed by atoms with Crippen molar-refractivity contribution < 1.29 is 92.2 Å². The largest absolute Gasteiger partial charge is 0.460 e. The molecule has 1 aromatic rings. The van der Waals surface area contributed by atoms with Gasteiger partial charge in [0, 0.05) is 0 Å². The molecule has 1 nitrogen and oxygen atoms in total. The normalized spacial score (nSPS) is 15.6. The molecule has 0 unspecified atom stereocenters. The van der Waals surface area contributed by atoms with Crippen LogP contribution in [0.15, 0.2) is 0 Å². The summed E-state index contributed by atoms with van der Waals surface area (Å²) >= 11 is 0. The van der Waals surface area contributed by atoms with Crippen molar-refractivity contribution in [3.8, 4) is 0 Å². The fraction of sp³-hybridized carbons (Fsp3) is 0.615. The number of hydrogen-bond acceptors (Lipinski definition) is 1. The zero-order valence-electron chi connectivity index (χ0n) is 14.9. The summed E-state index contributed by atoms with van der Waals surface area (Å²) in [5.74, 6) is -74.1. The molecule has 204 valence electrons. The lowest BCUT2D eigenvalue weighted by molar-refractivity contribution is -0.463. The molecule has 0 aliphatic heterocycles. The molecule has 0 aromatic carbocycles. The van der Waals surface area contributed by atoms with Gasteiger partial charge >= 0.3 is 47.6 Å². The van der Waals surface area contributed by atoms with E-state index in [-0.39, 0.29) is 0 Å². The van der Waals surface area contributed by atoms with Crippen molar-refractivity contribution in [1.29, 1.82) is 0 Å². The van der Waals surface area contributed by atoms with E-state index in [1.807, 2.05) is 0 Å². The third-order valence-electron chi connectivity index (χ3n) is 4.00. The fourth-order valence-electron chi connectivity index (χ4n) is 2.01. The van der Waals surface area contributed by atoms with Crippen LogP contribution in [0.25, 0.3) is 0 Å². The lowest BCUT2D eigenvalue weighted by Gasteiger charge is -2.42. The summed E-state index contributed by atoms with van der Waals surface area (Å²) in [6.07, 6.45) is -7.95. The van der Waals surface area contributed by atoms with Gasteiger partial charge in [-0.05, 0) is 0 Å². The summed E-state index contributed by atoms with van der Waals surface area (Å²) in [5.41, 5.74) is -4.05. The highest BCUT2D eigenvalue weighted by Gasteiger charge is 2.95. The first-order valence-corrected chi connectivity index (χ1v) is 7.42. The number of hydrogen-bond donors (Lipinski definition) is 0.